The van der Waals surface area contributed by atoms with Gasteiger partial charge in [0.15, 0.2) is 0 Å². The third-order valence-electron chi connectivity index (χ3n) is 5.44. The van der Waals surface area contributed by atoms with Crippen LogP contribution in [0.3, 0.4) is 0 Å². The van der Waals surface area contributed by atoms with Crippen molar-refractivity contribution in [2.75, 3.05) is 6.54 Å². The Labute approximate surface area is 173 Å². The summed E-state index contributed by atoms with van der Waals surface area (Å²) in [5.74, 6) is -0.648. The number of carboxylic acids is 1. The topological polar surface area (TPSA) is 40.5 Å². The minimum Gasteiger partial charge on any atom is -0.480 e. The molecule has 29 heavy (non-hydrogen) atoms. The van der Waals surface area contributed by atoms with E-state index in [4.69, 9.17) is 11.6 Å². The summed E-state index contributed by atoms with van der Waals surface area (Å²) in [7, 11) is 0. The SMILES string of the molecule is CC(C)c1ccc(C(c2ccc(Cl)c(C(F)(F)F)c2)N2CCCC2C(=O)O)cc1. The number of likely N-dealkylation sites (tertiary alicyclic amines) is 1. The molecule has 1 fully saturated rings. The number of nitrogens with zero attached hydrogens (tertiary/aromatic N) is 1. The van der Waals surface area contributed by atoms with E-state index >= 15 is 0 Å². The maximum atomic E-state index is 13.4. The zero-order valence-corrected chi connectivity index (χ0v) is 17.0. The molecule has 2 unspecified atom stereocenters. The van der Waals surface area contributed by atoms with E-state index in [1.54, 1.807) is 11.0 Å². The molecule has 1 saturated heterocycles. The minimum absolute atomic E-state index is 0.313. The van der Waals surface area contributed by atoms with Crippen molar-refractivity contribution in [2.45, 2.75) is 50.9 Å². The molecule has 1 N–H and O–H groups in total. The number of carboxylic acid groups (broad SMARTS) is 1. The Morgan fingerprint density at radius 3 is 2.24 bits per heavy atom. The fourth-order valence-electron chi connectivity index (χ4n) is 3.93. The Morgan fingerprint density at radius 2 is 1.69 bits per heavy atom. The highest BCUT2D eigenvalue weighted by atomic mass is 35.5. The van der Waals surface area contributed by atoms with Gasteiger partial charge in [0.05, 0.1) is 16.6 Å². The van der Waals surface area contributed by atoms with Crippen molar-refractivity contribution in [3.05, 3.63) is 69.7 Å². The second-order valence-corrected chi connectivity index (χ2v) is 8.10. The van der Waals surface area contributed by atoms with Crippen LogP contribution in [0.15, 0.2) is 42.5 Å². The third kappa shape index (κ3) is 4.59. The van der Waals surface area contributed by atoms with Crippen molar-refractivity contribution in [3.8, 4) is 0 Å². The first-order valence-corrected chi connectivity index (χ1v) is 9.92. The van der Waals surface area contributed by atoms with Crippen LogP contribution < -0.4 is 0 Å². The second kappa shape index (κ2) is 8.36. The predicted octanol–water partition coefficient (Wildman–Crippen LogP) is 6.12. The van der Waals surface area contributed by atoms with Crippen LogP contribution in [-0.4, -0.2) is 28.6 Å². The first-order valence-electron chi connectivity index (χ1n) is 9.54. The Morgan fingerprint density at radius 1 is 1.10 bits per heavy atom. The van der Waals surface area contributed by atoms with Gasteiger partial charge in [-0.15, -0.1) is 0 Å². The van der Waals surface area contributed by atoms with E-state index in [1.807, 2.05) is 24.3 Å². The van der Waals surface area contributed by atoms with E-state index < -0.39 is 29.8 Å². The normalized spacial score (nSPS) is 18.9. The largest absolute Gasteiger partial charge is 0.480 e. The highest BCUT2D eigenvalue weighted by molar-refractivity contribution is 6.31. The number of benzene rings is 2. The van der Waals surface area contributed by atoms with Gasteiger partial charge < -0.3 is 5.11 Å². The summed E-state index contributed by atoms with van der Waals surface area (Å²) in [6.07, 6.45) is -3.44. The Bertz CT molecular complexity index is 881. The summed E-state index contributed by atoms with van der Waals surface area (Å²) < 4.78 is 40.3. The first-order chi connectivity index (χ1) is 13.6. The van der Waals surface area contributed by atoms with E-state index in [0.29, 0.717) is 30.9 Å². The number of carbonyl (C=O) groups is 1. The molecule has 0 aliphatic carbocycles. The third-order valence-corrected chi connectivity index (χ3v) is 5.77. The summed E-state index contributed by atoms with van der Waals surface area (Å²) in [6.45, 7) is 4.61. The van der Waals surface area contributed by atoms with Crippen molar-refractivity contribution < 1.29 is 23.1 Å². The molecule has 2 atom stereocenters. The van der Waals surface area contributed by atoms with E-state index in [-0.39, 0.29) is 5.02 Å². The molecule has 1 heterocycles. The van der Waals surface area contributed by atoms with Gasteiger partial charge in [-0.3, -0.25) is 9.69 Å². The Kier molecular flexibility index (Phi) is 6.24. The van der Waals surface area contributed by atoms with E-state index in [2.05, 4.69) is 13.8 Å². The van der Waals surface area contributed by atoms with Gasteiger partial charge in [0.2, 0.25) is 0 Å². The number of hydrogen-bond acceptors (Lipinski definition) is 2. The van der Waals surface area contributed by atoms with Crippen LogP contribution in [0.5, 0.6) is 0 Å². The van der Waals surface area contributed by atoms with Gasteiger partial charge in [-0.1, -0.05) is 55.8 Å². The maximum absolute atomic E-state index is 13.4. The second-order valence-electron chi connectivity index (χ2n) is 7.70. The van der Waals surface area contributed by atoms with Crippen LogP contribution in [0.4, 0.5) is 13.2 Å². The molecule has 2 aromatic rings. The van der Waals surface area contributed by atoms with Crippen molar-refractivity contribution >= 4 is 17.6 Å². The lowest BCUT2D eigenvalue weighted by atomic mass is 9.92. The zero-order valence-electron chi connectivity index (χ0n) is 16.2. The highest BCUT2D eigenvalue weighted by Crippen LogP contribution is 2.40. The lowest BCUT2D eigenvalue weighted by Crippen LogP contribution is -2.39. The molecule has 156 valence electrons. The van der Waals surface area contributed by atoms with Crippen molar-refractivity contribution in [1.29, 1.82) is 0 Å². The van der Waals surface area contributed by atoms with Crippen molar-refractivity contribution in [1.82, 2.24) is 4.90 Å². The van der Waals surface area contributed by atoms with Crippen molar-refractivity contribution in [2.24, 2.45) is 0 Å². The molecule has 0 bridgehead atoms. The van der Waals surface area contributed by atoms with Crippen LogP contribution in [-0.2, 0) is 11.0 Å². The monoisotopic (exact) mass is 425 g/mol. The number of halogens is 4. The average molecular weight is 426 g/mol. The van der Waals surface area contributed by atoms with Crippen molar-refractivity contribution in [3.63, 3.8) is 0 Å². The van der Waals surface area contributed by atoms with Crippen LogP contribution in [0.1, 0.15) is 60.9 Å². The Hall–Kier alpha value is -2.05. The molecule has 1 aliphatic rings. The summed E-state index contributed by atoms with van der Waals surface area (Å²) in [6, 6.07) is 10.1. The highest BCUT2D eigenvalue weighted by Gasteiger charge is 2.39. The summed E-state index contributed by atoms with van der Waals surface area (Å²) in [5, 5.41) is 9.26. The van der Waals surface area contributed by atoms with Crippen LogP contribution in [0.2, 0.25) is 5.02 Å². The van der Waals surface area contributed by atoms with Gasteiger partial charge in [-0.05, 0) is 47.6 Å². The smallest absolute Gasteiger partial charge is 0.417 e. The molecular weight excluding hydrogens is 403 g/mol. The summed E-state index contributed by atoms with van der Waals surface area (Å²) >= 11 is 5.80. The molecule has 0 aromatic heterocycles. The number of hydrogen-bond donors (Lipinski definition) is 1. The summed E-state index contributed by atoms with van der Waals surface area (Å²) in [5.41, 5.74) is 1.34. The molecule has 0 amide bonds. The average Bonchev–Trinajstić information content (AvgIpc) is 3.12. The molecule has 0 spiro atoms. The number of alkyl halides is 3. The molecule has 3 rings (SSSR count). The number of rotatable bonds is 5. The summed E-state index contributed by atoms with van der Waals surface area (Å²) in [4.78, 5) is 13.5. The fourth-order valence-corrected chi connectivity index (χ4v) is 4.16. The molecule has 3 nitrogen and oxygen atoms in total. The van der Waals surface area contributed by atoms with Gasteiger partial charge in [-0.25, -0.2) is 0 Å². The molecule has 0 saturated carbocycles. The lowest BCUT2D eigenvalue weighted by molar-refractivity contribution is -0.143. The van der Waals surface area contributed by atoms with Gasteiger partial charge in [-0.2, -0.15) is 13.2 Å². The molecule has 1 aliphatic heterocycles. The maximum Gasteiger partial charge on any atom is 0.417 e. The molecule has 7 heteroatoms. The zero-order chi connectivity index (χ0) is 21.3. The van der Waals surface area contributed by atoms with Gasteiger partial charge >= 0.3 is 12.1 Å². The van der Waals surface area contributed by atoms with Gasteiger partial charge in [0, 0.05) is 6.54 Å². The minimum atomic E-state index is -4.59. The predicted molar refractivity (Wildman–Crippen MR) is 106 cm³/mol. The Balaban J connectivity index is 2.12. The van der Waals surface area contributed by atoms with Gasteiger partial charge in [0.25, 0.3) is 0 Å². The van der Waals surface area contributed by atoms with E-state index in [0.717, 1.165) is 17.2 Å². The standard InChI is InChI=1S/C22H23ClF3NO2/c1-13(2)14-5-7-15(8-6-14)20(27-11-3-4-19(27)21(28)29)16-9-10-18(23)17(12-16)22(24,25)26/h5-10,12-13,19-20H,3-4,11H2,1-2H3,(H,28,29). The van der Waals surface area contributed by atoms with E-state index in [9.17, 15) is 23.1 Å². The fraction of sp³-hybridized carbons (Fsp3) is 0.409. The molecule has 2 aromatic carbocycles. The number of aliphatic carboxylic acids is 1. The van der Waals surface area contributed by atoms with Crippen LogP contribution >= 0.6 is 11.6 Å². The van der Waals surface area contributed by atoms with E-state index in [1.165, 1.54) is 6.07 Å². The van der Waals surface area contributed by atoms with Crippen LogP contribution in [0.25, 0.3) is 0 Å². The van der Waals surface area contributed by atoms with Crippen LogP contribution in [0, 0.1) is 0 Å². The lowest BCUT2D eigenvalue weighted by Gasteiger charge is -2.32. The molecular formula is C22H23ClF3NO2. The quantitative estimate of drug-likeness (QED) is 0.627. The van der Waals surface area contributed by atoms with Gasteiger partial charge in [0.1, 0.15) is 6.04 Å². The molecule has 0 radical (unpaired) electrons. The first kappa shape index (κ1) is 21.7.